The number of rotatable bonds is 25. The highest BCUT2D eigenvalue weighted by Gasteiger charge is 2.56. The van der Waals surface area contributed by atoms with Crippen LogP contribution in [0.5, 0.6) is 0 Å². The van der Waals surface area contributed by atoms with E-state index in [1.807, 2.05) is 13.8 Å². The molecule has 20 N–H and O–H groups in total. The zero-order valence-electron chi connectivity index (χ0n) is 76.0. The molecule has 0 radical (unpaired) electrons. The van der Waals surface area contributed by atoms with E-state index < -0.39 is 165 Å². The van der Waals surface area contributed by atoms with Gasteiger partial charge in [0.15, 0.2) is 39.5 Å². The van der Waals surface area contributed by atoms with Crippen LogP contribution in [0.2, 0.25) is 18.1 Å². The van der Waals surface area contributed by atoms with Gasteiger partial charge in [0.25, 0.3) is 0 Å². The van der Waals surface area contributed by atoms with Crippen LogP contribution in [0.25, 0.3) is 0 Å². The van der Waals surface area contributed by atoms with E-state index in [-0.39, 0.29) is 23.4 Å². The molecule has 1 amide bonds. The molecule has 33 nitrogen and oxygen atoms in total. The number of ether oxygens (including phenoxy) is 5. The number of amides is 1. The van der Waals surface area contributed by atoms with E-state index in [0.29, 0.717) is 109 Å². The number of carbonyl (C=O) groups is 1. The fourth-order valence-electron chi connectivity index (χ4n) is 13.8. The Hall–Kier alpha value is -5.54. The summed E-state index contributed by atoms with van der Waals surface area (Å²) in [6.07, 6.45) is 24.1. The molecule has 5 saturated heterocycles. The summed E-state index contributed by atoms with van der Waals surface area (Å²) in [6.45, 7) is 52.1. The standard InChI is InChI=1S/C21H40N3O4PSi.C18H30N3O4P.C15H26N3O4P.2C15H26N3O3P/c1-14-23-19(22)15(13-27-30(8,9)21(2,3)4)12-24(14)20-18(26)17(25)16(28-20)10-11-29(5,6)7;1-7-13-10-21(11(2)19-17(13)20-12(3)22)18-16(24)15(23)14(25-18)8-9-26(4,5)6;1-9-17-14(16)10(8-19)7-18(9)15-13(21)12(20)11(22-15)5-6-23(2,3)4;1-10-17-12(16)6-8-18(10)14-15(2,20)13(19)11(21-14)7-9-22(3,4)5;1-9-8-18(10(2)17-14(9)16)15-13(20)12(19)11(21-15)6-7-22(3,4)5/h12,16-18,20,25-26H,1,5,10-11,13H2,2-4,6-9H3,(H2,22,23);10,14-16,18,23-24H,2,4,7-9H2,1,3,5-6H3,(H,19,20,22);7,11-13,15,19-21H,1-2,5-6,8H2,3-4H3,(H2,16,17);6,8,11,13-14,19-20H,1,3,7,9H2,2,4-5H3,(H2,16,17);8,11-13,15,19-20H,2-3,6-7H2,1,4-5H3,(H2,16,17)/t16?,17-,18-,20-;14?,15-,16-,18-;11?,12-,13-,15-;11?,13-,14-,15+;11?,12-,13-,15-/m11111/s1. The van der Waals surface area contributed by atoms with E-state index in [1.165, 1.54) is 11.8 Å². The number of aliphatic hydroxyl groups excluding tert-OH is 10. The van der Waals surface area contributed by atoms with Gasteiger partial charge in [0.05, 0.1) is 43.7 Å². The molecule has 123 heavy (non-hydrogen) atoms. The van der Waals surface area contributed by atoms with Gasteiger partial charge in [-0.1, -0.05) is 60.6 Å². The molecule has 10 aliphatic heterocycles. The molecular formula is C84H148N15O18P5Si. The summed E-state index contributed by atoms with van der Waals surface area (Å²) in [7, 11) is -1.97. The van der Waals surface area contributed by atoms with Gasteiger partial charge in [-0.2, -0.15) is 0 Å². The Morgan fingerprint density at radius 3 is 1.15 bits per heavy atom. The largest absolute Gasteiger partial charge is 0.412 e. The number of amidine groups is 5. The maximum Gasteiger partial charge on any atom is 0.222 e. The molecule has 10 aliphatic rings. The van der Waals surface area contributed by atoms with Crippen LogP contribution in [-0.4, -0.2) is 388 Å². The fraction of sp³-hybridized carbons (Fsp3) is 0.631. The lowest BCUT2D eigenvalue weighted by Crippen LogP contribution is -2.51. The minimum Gasteiger partial charge on any atom is -0.412 e. The number of nitrogens with one attached hydrogen (secondary N) is 1. The van der Waals surface area contributed by atoms with Crippen molar-refractivity contribution in [3.05, 3.63) is 121 Å². The monoisotopic (exact) mass is 1840 g/mol. The van der Waals surface area contributed by atoms with E-state index in [4.69, 9.17) is 51.0 Å². The van der Waals surface area contributed by atoms with Crippen molar-refractivity contribution < 1.29 is 89.1 Å². The number of hydrogen-bond acceptors (Lipinski definition) is 32. The molecule has 0 aliphatic carbocycles. The minimum atomic E-state index is -1.97. The van der Waals surface area contributed by atoms with Gasteiger partial charge in [0.2, 0.25) is 5.91 Å². The zero-order chi connectivity index (χ0) is 93.4. The first-order valence-corrected chi connectivity index (χ1v) is 59.3. The van der Waals surface area contributed by atoms with Gasteiger partial charge < -0.3 is 137 Å². The van der Waals surface area contributed by atoms with Crippen LogP contribution in [0.4, 0.5) is 0 Å². The summed E-state index contributed by atoms with van der Waals surface area (Å²) < 4.78 is 35.9. The second kappa shape index (κ2) is 42.8. The first kappa shape index (κ1) is 106. The number of hydrogen-bond donors (Lipinski definition) is 16. The van der Waals surface area contributed by atoms with Gasteiger partial charge in [-0.3, -0.25) is 4.79 Å². The summed E-state index contributed by atoms with van der Waals surface area (Å²) in [5.41, 5.74) is 24.5. The van der Waals surface area contributed by atoms with Crippen molar-refractivity contribution in [1.82, 2.24) is 29.8 Å². The molecule has 0 aromatic rings. The summed E-state index contributed by atoms with van der Waals surface area (Å²) in [4.78, 5) is 40.3. The predicted molar refractivity (Wildman–Crippen MR) is 515 cm³/mol. The molecule has 5 unspecified atom stereocenters. The van der Waals surface area contributed by atoms with E-state index in [1.54, 1.807) is 63.6 Å². The van der Waals surface area contributed by atoms with Crippen LogP contribution in [-0.2, 0) is 32.9 Å². The van der Waals surface area contributed by atoms with Crippen LogP contribution in [0, 0.1) is 0 Å². The number of aliphatic imine (C=N–C) groups is 5. The summed E-state index contributed by atoms with van der Waals surface area (Å²) in [6, 6.07) is 0. The van der Waals surface area contributed by atoms with E-state index >= 15 is 0 Å². The second-order valence-electron chi connectivity index (χ2n) is 38.1. The third-order valence-electron chi connectivity index (χ3n) is 22.5. The molecule has 0 saturated carbocycles. The maximum absolute atomic E-state index is 11.3. The molecule has 696 valence electrons. The van der Waals surface area contributed by atoms with Crippen molar-refractivity contribution >= 4 is 109 Å². The second-order valence-corrected chi connectivity index (χ2v) is 64.5. The normalized spacial score (nSPS) is 31.5. The summed E-state index contributed by atoms with van der Waals surface area (Å²) in [5, 5.41) is 116. The van der Waals surface area contributed by atoms with Crippen molar-refractivity contribution in [2.45, 2.75) is 227 Å². The third kappa shape index (κ3) is 29.2. The number of carbonyl (C=O) groups excluding carboxylic acids is 1. The minimum absolute atomic E-state index is 0.0735. The fourth-order valence-corrected chi connectivity index (χ4v) is 19.5. The van der Waals surface area contributed by atoms with Crippen molar-refractivity contribution in [2.75, 3.05) is 111 Å². The van der Waals surface area contributed by atoms with Crippen LogP contribution < -0.4 is 28.3 Å². The first-order chi connectivity index (χ1) is 56.3. The molecule has 10 rings (SSSR count). The van der Waals surface area contributed by atoms with Gasteiger partial charge in [0, 0.05) is 60.2 Å². The Kier molecular flexibility index (Phi) is 37.0. The Balaban J connectivity index is 0.000000239. The van der Waals surface area contributed by atoms with Crippen LogP contribution in [0.15, 0.2) is 146 Å². The highest BCUT2D eigenvalue weighted by molar-refractivity contribution is 7.73. The molecule has 0 aromatic carbocycles. The highest BCUT2D eigenvalue weighted by Crippen LogP contribution is 2.46. The van der Waals surface area contributed by atoms with Crippen molar-refractivity contribution in [1.29, 1.82) is 0 Å². The SMILES string of the molecule is C=C1N=C(N)C(C)=CN1[C@@H]1OC(CCP(=C)(C)C)[C@@H](O)[C@H]1O.C=C1N=C(N)C(CO)=CN1[C@@H]1OC(CCP(=C)(C)C)[C@@H](O)[C@H]1O.C=C1N=C(N)C(CO[Si](C)(C)C(C)(C)C)=CN1[C@@H]1OC(CCP(=C)(C)C)[C@@H](O)[C@H]1O.C=C1N=C(N)C=CN1[C@@H]1OC(CCP(=C)(C)C)[C@@H](O)[C@]1(C)O.C=C1N=C(NC(C)=O)C(CC)=CN1[C@@H]1OC(CCP(=C)(C)C)[C@@H](O)[C@H]1O. The van der Waals surface area contributed by atoms with Crippen LogP contribution >= 0.6 is 34.4 Å². The highest BCUT2D eigenvalue weighted by atomic mass is 31.2. The Bertz CT molecular complexity index is 4430. The van der Waals surface area contributed by atoms with Crippen LogP contribution in [0.3, 0.4) is 0 Å². The van der Waals surface area contributed by atoms with Gasteiger partial charge in [-0.25, -0.2) is 25.0 Å². The van der Waals surface area contributed by atoms with Gasteiger partial charge in [-0.15, -0.1) is 65.9 Å². The summed E-state index contributed by atoms with van der Waals surface area (Å²) in [5.74, 6) is 3.29. The van der Waals surface area contributed by atoms with Crippen molar-refractivity contribution in [2.24, 2.45) is 47.9 Å². The van der Waals surface area contributed by atoms with E-state index in [9.17, 15) is 61.0 Å². The van der Waals surface area contributed by atoms with Crippen molar-refractivity contribution in [3.63, 3.8) is 0 Å². The van der Waals surface area contributed by atoms with Crippen molar-refractivity contribution in [3.8, 4) is 0 Å². The molecule has 20 atom stereocenters. The predicted octanol–water partition coefficient (Wildman–Crippen LogP) is 4.44. The van der Waals surface area contributed by atoms with Gasteiger partial charge in [-0.05, 0) is 174 Å². The Morgan fingerprint density at radius 1 is 0.504 bits per heavy atom. The average molecular weight is 1840 g/mol. The zero-order valence-corrected chi connectivity index (χ0v) is 81.5. The molecular weight excluding hydrogens is 1690 g/mol. The lowest BCUT2D eigenvalue weighted by molar-refractivity contribution is -0.117. The van der Waals surface area contributed by atoms with E-state index in [0.717, 1.165) is 42.0 Å². The Labute approximate surface area is 731 Å². The molecule has 5 fully saturated rings. The molecule has 0 spiro atoms. The summed E-state index contributed by atoms with van der Waals surface area (Å²) >= 11 is 0. The number of nitrogens with zero attached hydrogens (tertiary/aromatic N) is 10. The molecule has 39 heteroatoms. The molecule has 0 aromatic heterocycles. The number of nitrogens with two attached hydrogens (primary N) is 4. The molecule has 10 heterocycles. The topological polar surface area (TPSA) is 489 Å². The lowest BCUT2D eigenvalue weighted by Gasteiger charge is -2.37. The third-order valence-corrected chi connectivity index (χ3v) is 34.3. The quantitative estimate of drug-likeness (QED) is 0.0443. The first-order valence-electron chi connectivity index (χ1n) is 41.2. The maximum atomic E-state index is 11.3. The van der Waals surface area contributed by atoms with Crippen LogP contribution in [0.1, 0.15) is 87.0 Å². The average Bonchev–Trinajstić information content (AvgIpc) is 1.68. The Morgan fingerprint density at radius 2 is 0.821 bits per heavy atom. The van der Waals surface area contributed by atoms with Gasteiger partial charge >= 0.3 is 0 Å². The smallest absolute Gasteiger partial charge is 0.222 e. The molecule has 0 bridgehead atoms. The van der Waals surface area contributed by atoms with Gasteiger partial charge in [0.1, 0.15) is 119 Å². The number of aliphatic hydroxyl groups is 11. The van der Waals surface area contributed by atoms with E-state index in [2.05, 4.69) is 195 Å². The lowest BCUT2D eigenvalue weighted by atomic mass is 9.95.